The molecule has 1 aliphatic rings. The molecule has 124 valence electrons. The van der Waals surface area contributed by atoms with E-state index in [9.17, 15) is 9.59 Å². The molecule has 2 aromatic carbocycles. The van der Waals surface area contributed by atoms with Gasteiger partial charge in [-0.25, -0.2) is 14.2 Å². The highest BCUT2D eigenvalue weighted by Gasteiger charge is 2.29. The molecule has 25 heavy (non-hydrogen) atoms. The van der Waals surface area contributed by atoms with E-state index in [0.29, 0.717) is 0 Å². The number of anilines is 1. The molecule has 0 spiro atoms. The number of carbonyl (C=O) groups excluding carboxylic acids is 1. The number of rotatable bonds is 2. The predicted octanol–water partition coefficient (Wildman–Crippen LogP) is 2.62. The quantitative estimate of drug-likeness (QED) is 0.779. The average molecular weight is 333 g/mol. The van der Waals surface area contributed by atoms with Crippen LogP contribution in [0.25, 0.3) is 11.1 Å². The summed E-state index contributed by atoms with van der Waals surface area (Å²) in [5, 5.41) is 0. The Bertz CT molecular complexity index is 981. The van der Waals surface area contributed by atoms with Crippen molar-refractivity contribution < 1.29 is 9.53 Å². The van der Waals surface area contributed by atoms with Gasteiger partial charge in [-0.1, -0.05) is 48.5 Å². The number of benzene rings is 2. The monoisotopic (exact) mass is 333 g/mol. The van der Waals surface area contributed by atoms with Crippen LogP contribution < -0.4 is 11.4 Å². The molecule has 6 heteroatoms. The van der Waals surface area contributed by atoms with Crippen LogP contribution >= 0.6 is 0 Å². The van der Waals surface area contributed by atoms with Gasteiger partial charge < -0.3 is 10.5 Å². The summed E-state index contributed by atoms with van der Waals surface area (Å²) >= 11 is 0. The molecule has 2 N–H and O–H groups in total. The van der Waals surface area contributed by atoms with Gasteiger partial charge in [-0.05, 0) is 28.3 Å². The van der Waals surface area contributed by atoms with Crippen molar-refractivity contribution in [2.75, 3.05) is 12.3 Å². The van der Waals surface area contributed by atoms with Gasteiger partial charge in [-0.3, -0.25) is 0 Å². The Morgan fingerprint density at radius 3 is 2.24 bits per heavy atom. The molecule has 0 amide bonds. The molecule has 4 rings (SSSR count). The second-order valence-electron chi connectivity index (χ2n) is 5.81. The highest BCUT2D eigenvalue weighted by atomic mass is 16.5. The lowest BCUT2D eigenvalue weighted by Gasteiger charge is -2.14. The van der Waals surface area contributed by atoms with E-state index in [1.807, 2.05) is 36.4 Å². The van der Waals surface area contributed by atoms with E-state index < -0.39 is 11.8 Å². The number of fused-ring (bicyclic) bond motifs is 3. The minimum Gasteiger partial charge on any atom is -0.448 e. The number of ether oxygens (including phenoxy) is 1. The highest BCUT2D eigenvalue weighted by Crippen LogP contribution is 2.44. The minimum absolute atomic E-state index is 0.0613. The van der Waals surface area contributed by atoms with Crippen LogP contribution in [0.4, 0.5) is 10.6 Å². The van der Waals surface area contributed by atoms with Gasteiger partial charge in [0, 0.05) is 12.1 Å². The van der Waals surface area contributed by atoms with Crippen LogP contribution in [0.5, 0.6) is 0 Å². The second-order valence-corrected chi connectivity index (χ2v) is 5.81. The van der Waals surface area contributed by atoms with E-state index in [1.54, 1.807) is 0 Å². The molecule has 1 aliphatic carbocycles. The van der Waals surface area contributed by atoms with Crippen LogP contribution in [-0.4, -0.2) is 22.3 Å². The molecule has 0 radical (unpaired) electrons. The van der Waals surface area contributed by atoms with Gasteiger partial charge in [0.25, 0.3) is 0 Å². The molecule has 0 fully saturated rings. The lowest BCUT2D eigenvalue weighted by molar-refractivity contribution is 0.143. The van der Waals surface area contributed by atoms with Crippen molar-refractivity contribution in [3.63, 3.8) is 0 Å². The third kappa shape index (κ3) is 2.57. The molecule has 1 heterocycles. The smallest absolute Gasteiger partial charge is 0.422 e. The van der Waals surface area contributed by atoms with Crippen molar-refractivity contribution in [1.29, 1.82) is 0 Å². The zero-order valence-corrected chi connectivity index (χ0v) is 13.3. The summed E-state index contributed by atoms with van der Waals surface area (Å²) in [6.45, 7) is 0.143. The summed E-state index contributed by atoms with van der Waals surface area (Å²) in [7, 11) is 0. The fourth-order valence-electron chi connectivity index (χ4n) is 3.22. The normalized spacial score (nSPS) is 12.5. The van der Waals surface area contributed by atoms with Crippen LogP contribution in [0.2, 0.25) is 0 Å². The van der Waals surface area contributed by atoms with E-state index in [1.165, 1.54) is 12.3 Å². The van der Waals surface area contributed by atoms with E-state index in [-0.39, 0.29) is 18.3 Å². The van der Waals surface area contributed by atoms with Crippen LogP contribution in [0.3, 0.4) is 0 Å². The molecule has 1 aromatic heterocycles. The van der Waals surface area contributed by atoms with E-state index >= 15 is 0 Å². The summed E-state index contributed by atoms with van der Waals surface area (Å²) in [6.07, 6.45) is 0.503. The fourth-order valence-corrected chi connectivity index (χ4v) is 3.22. The Balaban J connectivity index is 1.61. The molecule has 0 aliphatic heterocycles. The maximum Gasteiger partial charge on any atom is 0.422 e. The lowest BCUT2D eigenvalue weighted by atomic mass is 9.98. The Morgan fingerprint density at radius 1 is 1.04 bits per heavy atom. The minimum atomic E-state index is -0.764. The van der Waals surface area contributed by atoms with Crippen LogP contribution in [-0.2, 0) is 4.74 Å². The Hall–Kier alpha value is -3.41. The predicted molar refractivity (Wildman–Crippen MR) is 93.4 cm³/mol. The van der Waals surface area contributed by atoms with Crippen molar-refractivity contribution in [2.24, 2.45) is 0 Å². The summed E-state index contributed by atoms with van der Waals surface area (Å²) < 4.78 is 6.20. The Kier molecular flexibility index (Phi) is 3.57. The first-order valence-corrected chi connectivity index (χ1v) is 7.85. The number of hydrogen-bond donors (Lipinski definition) is 1. The maximum atomic E-state index is 12.2. The molecular weight excluding hydrogens is 318 g/mol. The number of nitrogens with zero attached hydrogens (tertiary/aromatic N) is 2. The third-order valence-corrected chi connectivity index (χ3v) is 4.36. The molecule has 0 atom stereocenters. The third-order valence-electron chi connectivity index (χ3n) is 4.36. The van der Waals surface area contributed by atoms with Gasteiger partial charge in [-0.15, -0.1) is 0 Å². The number of nitrogens with two attached hydrogens (primary N) is 1. The maximum absolute atomic E-state index is 12.2. The lowest BCUT2D eigenvalue weighted by Crippen LogP contribution is -2.30. The largest absolute Gasteiger partial charge is 0.448 e. The standard InChI is InChI=1S/C19H15N3O3/c20-17-9-10-22(18(23)21-17)19(24)25-11-16-14-7-3-1-5-12(14)13-6-2-4-8-15(13)16/h1-10,16H,11H2,(H2,20,21,23). The first-order chi connectivity index (χ1) is 12.1. The summed E-state index contributed by atoms with van der Waals surface area (Å²) in [6, 6.07) is 17.5. The summed E-state index contributed by atoms with van der Waals surface area (Å²) in [5.74, 6) is 0.00138. The van der Waals surface area contributed by atoms with Crippen LogP contribution in [0, 0.1) is 0 Å². The molecule has 6 nitrogen and oxygen atoms in total. The van der Waals surface area contributed by atoms with Crippen molar-refractivity contribution in [1.82, 2.24) is 9.55 Å². The van der Waals surface area contributed by atoms with Gasteiger partial charge >= 0.3 is 11.8 Å². The Morgan fingerprint density at radius 2 is 1.64 bits per heavy atom. The SMILES string of the molecule is Nc1ccn(C(=O)OCC2c3ccccc3-c3ccccc32)c(=O)n1. The zero-order valence-electron chi connectivity index (χ0n) is 13.3. The Labute approximate surface area is 143 Å². The van der Waals surface area contributed by atoms with Gasteiger partial charge in [0.15, 0.2) is 0 Å². The zero-order chi connectivity index (χ0) is 17.4. The van der Waals surface area contributed by atoms with Crippen molar-refractivity contribution >= 4 is 11.9 Å². The number of hydrogen-bond acceptors (Lipinski definition) is 5. The van der Waals surface area contributed by atoms with Gasteiger partial charge in [0.2, 0.25) is 0 Å². The number of aromatic nitrogens is 2. The van der Waals surface area contributed by atoms with Crippen molar-refractivity contribution in [3.05, 3.63) is 82.4 Å². The van der Waals surface area contributed by atoms with Crippen molar-refractivity contribution in [3.8, 4) is 11.1 Å². The molecule has 0 unspecified atom stereocenters. The fraction of sp³-hybridized carbons (Fsp3) is 0.105. The summed E-state index contributed by atoms with van der Waals surface area (Å²) in [4.78, 5) is 27.5. The van der Waals surface area contributed by atoms with Gasteiger partial charge in [-0.2, -0.15) is 4.98 Å². The average Bonchev–Trinajstić information content (AvgIpc) is 2.94. The topological polar surface area (TPSA) is 87.2 Å². The first-order valence-electron chi connectivity index (χ1n) is 7.85. The van der Waals surface area contributed by atoms with E-state index in [4.69, 9.17) is 10.5 Å². The van der Waals surface area contributed by atoms with Gasteiger partial charge in [0.05, 0.1) is 0 Å². The number of carbonyl (C=O) groups is 1. The van der Waals surface area contributed by atoms with Gasteiger partial charge in [0.1, 0.15) is 12.4 Å². The van der Waals surface area contributed by atoms with E-state index in [2.05, 4.69) is 17.1 Å². The van der Waals surface area contributed by atoms with E-state index in [0.717, 1.165) is 26.8 Å². The molecule has 0 saturated heterocycles. The highest BCUT2D eigenvalue weighted by molar-refractivity contribution is 5.79. The molecular formula is C19H15N3O3. The molecule has 0 saturated carbocycles. The molecule has 0 bridgehead atoms. The first kappa shape index (κ1) is 15.1. The molecule has 3 aromatic rings. The van der Waals surface area contributed by atoms with Crippen molar-refractivity contribution in [2.45, 2.75) is 5.92 Å². The van der Waals surface area contributed by atoms with Crippen LogP contribution in [0.15, 0.2) is 65.6 Å². The second kappa shape index (κ2) is 5.90. The number of nitrogen functional groups attached to an aromatic ring is 1. The summed E-state index contributed by atoms with van der Waals surface area (Å²) in [5.41, 5.74) is 9.19. The van der Waals surface area contributed by atoms with Crippen LogP contribution in [0.1, 0.15) is 17.0 Å².